The summed E-state index contributed by atoms with van der Waals surface area (Å²) < 4.78 is 5.60. The van der Waals surface area contributed by atoms with Crippen LogP contribution in [0.15, 0.2) is 18.2 Å². The molecule has 5 heteroatoms. The first-order valence-corrected chi connectivity index (χ1v) is 6.50. The summed E-state index contributed by atoms with van der Waals surface area (Å²) in [6.45, 7) is 8.10. The summed E-state index contributed by atoms with van der Waals surface area (Å²) in [6, 6.07) is 5.49. The number of carbonyl (C=O) groups is 1. The fraction of sp³-hybridized carbons (Fsp3) is 0.500. The maximum atomic E-state index is 11.8. The van der Waals surface area contributed by atoms with Gasteiger partial charge in [0.1, 0.15) is 12.4 Å². The van der Waals surface area contributed by atoms with Crippen LogP contribution in [0.1, 0.15) is 26.3 Å². The monoisotopic (exact) mass is 263 g/mol. The van der Waals surface area contributed by atoms with E-state index in [1.54, 1.807) is 0 Å². The lowest BCUT2D eigenvalue weighted by Crippen LogP contribution is -2.43. The fourth-order valence-electron chi connectivity index (χ4n) is 1.90. The zero-order chi connectivity index (χ0) is 13.9. The molecule has 3 N–H and O–H groups in total. The molecule has 0 atom stereocenters. The van der Waals surface area contributed by atoms with Crippen LogP contribution in [-0.4, -0.2) is 24.7 Å². The predicted molar refractivity (Wildman–Crippen MR) is 75.6 cm³/mol. The third kappa shape index (κ3) is 4.13. The minimum atomic E-state index is -0.250. The van der Waals surface area contributed by atoms with Gasteiger partial charge in [0.15, 0.2) is 0 Å². The molecule has 2 amide bonds. The Labute approximate surface area is 113 Å². The number of hydrogen-bond donors (Lipinski definition) is 3. The van der Waals surface area contributed by atoms with E-state index in [0.29, 0.717) is 6.61 Å². The molecule has 1 aromatic rings. The Balaban J connectivity index is 2.05. The normalized spacial score (nSPS) is 14.9. The zero-order valence-corrected chi connectivity index (χ0v) is 11.7. The van der Waals surface area contributed by atoms with Crippen molar-refractivity contribution < 1.29 is 9.53 Å². The summed E-state index contributed by atoms with van der Waals surface area (Å²) in [5.74, 6) is 0.881. The van der Waals surface area contributed by atoms with Gasteiger partial charge in [-0.2, -0.15) is 0 Å². The maximum Gasteiger partial charge on any atom is 0.319 e. The summed E-state index contributed by atoms with van der Waals surface area (Å²) in [5.41, 5.74) is 1.58. The van der Waals surface area contributed by atoms with Gasteiger partial charge >= 0.3 is 6.03 Å². The van der Waals surface area contributed by atoms with Crippen LogP contribution in [0.25, 0.3) is 0 Å². The topological polar surface area (TPSA) is 62.4 Å². The van der Waals surface area contributed by atoms with E-state index in [-0.39, 0.29) is 11.6 Å². The molecule has 0 radical (unpaired) electrons. The fourth-order valence-corrected chi connectivity index (χ4v) is 1.90. The second-order valence-corrected chi connectivity index (χ2v) is 5.68. The standard InChI is InChI=1S/C14H21N3O2/c1-14(2,3)17-13(18)16-11-4-5-12-10(8-11)9-15-6-7-19-12/h4-5,8,15H,6-7,9H2,1-3H3,(H2,16,17,18). The van der Waals surface area contributed by atoms with E-state index in [4.69, 9.17) is 4.74 Å². The Bertz CT molecular complexity index is 466. The summed E-state index contributed by atoms with van der Waals surface area (Å²) in [6.07, 6.45) is 0. The number of benzene rings is 1. The second kappa shape index (κ2) is 5.48. The van der Waals surface area contributed by atoms with E-state index in [9.17, 15) is 4.79 Å². The van der Waals surface area contributed by atoms with E-state index < -0.39 is 0 Å². The van der Waals surface area contributed by atoms with Gasteiger partial charge < -0.3 is 20.7 Å². The average molecular weight is 263 g/mol. The second-order valence-electron chi connectivity index (χ2n) is 5.68. The van der Waals surface area contributed by atoms with Gasteiger partial charge in [0.25, 0.3) is 0 Å². The maximum absolute atomic E-state index is 11.8. The number of urea groups is 1. The highest BCUT2D eigenvalue weighted by molar-refractivity contribution is 5.89. The van der Waals surface area contributed by atoms with Gasteiger partial charge in [0.05, 0.1) is 0 Å². The van der Waals surface area contributed by atoms with E-state index in [1.165, 1.54) is 0 Å². The SMILES string of the molecule is CC(C)(C)NC(=O)Nc1ccc2c(c1)CNCCO2. The molecule has 0 spiro atoms. The first-order chi connectivity index (χ1) is 8.94. The number of nitrogens with one attached hydrogen (secondary N) is 3. The van der Waals surface area contributed by atoms with Gasteiger partial charge in [0, 0.05) is 29.9 Å². The van der Waals surface area contributed by atoms with Crippen molar-refractivity contribution >= 4 is 11.7 Å². The van der Waals surface area contributed by atoms with Crippen molar-refractivity contribution in [3.05, 3.63) is 23.8 Å². The molecule has 1 aliphatic heterocycles. The lowest BCUT2D eigenvalue weighted by atomic mass is 10.1. The van der Waals surface area contributed by atoms with E-state index in [0.717, 1.165) is 30.1 Å². The summed E-state index contributed by atoms with van der Waals surface area (Å²) in [4.78, 5) is 11.8. The van der Waals surface area contributed by atoms with Gasteiger partial charge in [-0.05, 0) is 39.0 Å². The highest BCUT2D eigenvalue weighted by atomic mass is 16.5. The zero-order valence-electron chi connectivity index (χ0n) is 11.7. The van der Waals surface area contributed by atoms with Crippen molar-refractivity contribution in [1.29, 1.82) is 0 Å². The Morgan fingerprint density at radius 2 is 2.16 bits per heavy atom. The van der Waals surface area contributed by atoms with E-state index in [1.807, 2.05) is 39.0 Å². The Kier molecular flexibility index (Phi) is 3.95. The van der Waals surface area contributed by atoms with Gasteiger partial charge in [-0.25, -0.2) is 4.79 Å². The molecule has 2 rings (SSSR count). The van der Waals surface area contributed by atoms with Crippen LogP contribution < -0.4 is 20.7 Å². The molecule has 1 aromatic carbocycles. The molecule has 104 valence electrons. The van der Waals surface area contributed by atoms with Crippen molar-refractivity contribution in [2.24, 2.45) is 0 Å². The largest absolute Gasteiger partial charge is 0.492 e. The highest BCUT2D eigenvalue weighted by Crippen LogP contribution is 2.24. The number of amides is 2. The van der Waals surface area contributed by atoms with Crippen molar-refractivity contribution in [3.63, 3.8) is 0 Å². The molecule has 0 fully saturated rings. The Hall–Kier alpha value is -1.75. The number of hydrogen-bond acceptors (Lipinski definition) is 3. The van der Waals surface area contributed by atoms with Gasteiger partial charge in [-0.3, -0.25) is 0 Å². The van der Waals surface area contributed by atoms with Crippen LogP contribution in [0.2, 0.25) is 0 Å². The van der Waals surface area contributed by atoms with Crippen LogP contribution in [-0.2, 0) is 6.54 Å². The van der Waals surface area contributed by atoms with Crippen LogP contribution in [0.4, 0.5) is 10.5 Å². The molecule has 0 saturated carbocycles. The number of fused-ring (bicyclic) bond motifs is 1. The summed E-state index contributed by atoms with van der Waals surface area (Å²) in [5, 5.41) is 8.97. The number of rotatable bonds is 1. The molecule has 0 bridgehead atoms. The van der Waals surface area contributed by atoms with E-state index >= 15 is 0 Å². The third-order valence-corrected chi connectivity index (χ3v) is 2.66. The lowest BCUT2D eigenvalue weighted by Gasteiger charge is -2.21. The highest BCUT2D eigenvalue weighted by Gasteiger charge is 2.14. The average Bonchev–Trinajstić information content (AvgIpc) is 2.50. The van der Waals surface area contributed by atoms with Crippen molar-refractivity contribution in [2.45, 2.75) is 32.9 Å². The molecular formula is C14H21N3O2. The molecule has 0 unspecified atom stereocenters. The summed E-state index contributed by atoms with van der Waals surface area (Å²) in [7, 11) is 0. The summed E-state index contributed by atoms with van der Waals surface area (Å²) >= 11 is 0. The van der Waals surface area contributed by atoms with Crippen LogP contribution in [0.5, 0.6) is 5.75 Å². The van der Waals surface area contributed by atoms with Gasteiger partial charge in [0.2, 0.25) is 0 Å². The van der Waals surface area contributed by atoms with E-state index in [2.05, 4.69) is 16.0 Å². The molecule has 1 heterocycles. The number of ether oxygens (including phenoxy) is 1. The minimum absolute atomic E-state index is 0.199. The third-order valence-electron chi connectivity index (χ3n) is 2.66. The first-order valence-electron chi connectivity index (χ1n) is 6.50. The predicted octanol–water partition coefficient (Wildman–Crippen LogP) is 2.09. The van der Waals surface area contributed by atoms with Crippen LogP contribution in [0.3, 0.4) is 0 Å². The first kappa shape index (κ1) is 13.7. The molecule has 1 aliphatic rings. The molecule has 0 aliphatic carbocycles. The van der Waals surface area contributed by atoms with Gasteiger partial charge in [-0.15, -0.1) is 0 Å². The number of anilines is 1. The van der Waals surface area contributed by atoms with Crippen LogP contribution in [0, 0.1) is 0 Å². The Morgan fingerprint density at radius 1 is 1.37 bits per heavy atom. The molecule has 0 saturated heterocycles. The van der Waals surface area contributed by atoms with Crippen molar-refractivity contribution in [3.8, 4) is 5.75 Å². The molecule has 19 heavy (non-hydrogen) atoms. The Morgan fingerprint density at radius 3 is 2.89 bits per heavy atom. The van der Waals surface area contributed by atoms with Crippen molar-refractivity contribution in [2.75, 3.05) is 18.5 Å². The smallest absolute Gasteiger partial charge is 0.319 e. The van der Waals surface area contributed by atoms with Crippen LogP contribution >= 0.6 is 0 Å². The minimum Gasteiger partial charge on any atom is -0.492 e. The lowest BCUT2D eigenvalue weighted by molar-refractivity contribution is 0.244. The quantitative estimate of drug-likeness (QED) is 0.727. The van der Waals surface area contributed by atoms with Gasteiger partial charge in [-0.1, -0.05) is 0 Å². The molecular weight excluding hydrogens is 242 g/mol. The molecule has 5 nitrogen and oxygen atoms in total. The number of carbonyl (C=O) groups excluding carboxylic acids is 1. The molecule has 0 aromatic heterocycles. The van der Waals surface area contributed by atoms with Crippen molar-refractivity contribution in [1.82, 2.24) is 10.6 Å².